The molecule has 9 N–H and O–H groups in total. The number of methoxy groups -OCH3 is 6. The summed E-state index contributed by atoms with van der Waals surface area (Å²) in [5, 5.41) is 15.8. The SMILES string of the molecule is COc1cc(C(=O)/C=C/N(C)C)c(NC(=O)OC(C)(C)C)cn1.COc1cc(C(C)=O)c(NC(=O)OC(C)(C)C)cn1.COc1cc2c(=O)cc[nH]c2cn1.COc1cc2c(Cl)ccnc2cn1.COc1cc2c(Oc3ccc(N)cc3F)ccnc2cn1.COc1ccc(NC(=O)OC(C)(C)C)cn1.Nc1ccc(O)c(F)c1.O=P(Cl)(Cl)Cl. The third-order valence-electron chi connectivity index (χ3n) is 13.7. The molecule has 9 aromatic heterocycles. The summed E-state index contributed by atoms with van der Waals surface area (Å²) in [6.07, 6.45) is 15.1. The molecule has 0 unspecified atom stereocenters. The van der Waals surface area contributed by atoms with Gasteiger partial charge in [0, 0.05) is 127 Å². The number of phenolic OH excluding ortho intramolecular Hbond substituents is 1. The van der Waals surface area contributed by atoms with Gasteiger partial charge in [0.2, 0.25) is 35.3 Å². The third-order valence-corrected chi connectivity index (χ3v) is 14.0. The number of H-pyrrole nitrogens is 1. The van der Waals surface area contributed by atoms with Gasteiger partial charge in [-0.25, -0.2) is 53.1 Å². The molecule has 0 fully saturated rings. The van der Waals surface area contributed by atoms with Gasteiger partial charge in [0.05, 0.1) is 129 Å². The van der Waals surface area contributed by atoms with Crippen LogP contribution in [0.2, 0.25) is 5.02 Å². The summed E-state index contributed by atoms with van der Waals surface area (Å²) in [5.74, 6) is 0.981. The number of fused-ring (bicyclic) bond motifs is 3. The second-order valence-corrected chi connectivity index (χ2v) is 33.9. The van der Waals surface area contributed by atoms with Crippen LogP contribution in [0.1, 0.15) is 90.0 Å². The van der Waals surface area contributed by atoms with Crippen LogP contribution < -0.4 is 66.0 Å². The number of ketones is 2. The number of allylic oxidation sites excluding steroid dienone is 1. The number of nitrogens with two attached hydrogens (primary N) is 2. The quantitative estimate of drug-likeness (QED) is 0.0125. The Kier molecular flexibility index (Phi) is 38.9. The van der Waals surface area contributed by atoms with Crippen molar-refractivity contribution in [2.75, 3.05) is 84.2 Å². The molecule has 0 aliphatic rings. The average Bonchev–Trinajstić information content (AvgIpc) is 0.803. The van der Waals surface area contributed by atoms with Gasteiger partial charge in [0.15, 0.2) is 40.1 Å². The topological polar surface area (TPSA) is 442 Å². The van der Waals surface area contributed by atoms with E-state index in [4.69, 9.17) is 75.5 Å². The first kappa shape index (κ1) is 98.7. The molecule has 11 aromatic rings. The molecule has 33 nitrogen and oxygen atoms in total. The molecule has 0 atom stereocenters. The number of aromatic amines is 1. The Bertz CT molecular complexity index is 5380. The number of carbonyl (C=O) groups excluding carboxylic acids is 5. The number of anilines is 5. The van der Waals surface area contributed by atoms with E-state index in [9.17, 15) is 42.1 Å². The van der Waals surface area contributed by atoms with Crippen LogP contribution in [0, 0.1) is 11.6 Å². The lowest BCUT2D eigenvalue weighted by atomic mass is 10.1. The molecule has 0 aliphatic carbocycles. The third kappa shape index (κ3) is 37.0. The number of amides is 3. The molecule has 636 valence electrons. The predicted octanol–water partition coefficient (Wildman–Crippen LogP) is 18.1. The van der Waals surface area contributed by atoms with Gasteiger partial charge < -0.3 is 73.8 Å². The number of hydrogen-bond acceptors (Lipinski definition) is 29. The molecule has 40 heteroatoms. The van der Waals surface area contributed by atoms with Gasteiger partial charge >= 0.3 is 23.5 Å². The van der Waals surface area contributed by atoms with Crippen LogP contribution >= 0.6 is 50.5 Å². The van der Waals surface area contributed by atoms with Crippen LogP contribution in [-0.4, -0.2) is 158 Å². The second-order valence-electron chi connectivity index (χ2n) is 26.8. The van der Waals surface area contributed by atoms with Gasteiger partial charge in [-0.15, -0.1) is 0 Å². The highest BCUT2D eigenvalue weighted by Gasteiger charge is 2.22. The Labute approximate surface area is 703 Å². The van der Waals surface area contributed by atoms with E-state index in [1.165, 1.54) is 110 Å². The summed E-state index contributed by atoms with van der Waals surface area (Å²) >= 11 is 19.8. The molecule has 9 heterocycles. The predicted molar refractivity (Wildman–Crippen MR) is 454 cm³/mol. The monoisotopic (exact) mass is 1750 g/mol. The second kappa shape index (κ2) is 46.9. The Balaban J connectivity index is 0.000000293. The molecule has 0 saturated heterocycles. The molecule has 11 rings (SSSR count). The number of Topliss-reactive ketones (excluding diaryl/α,β-unsaturated/α-hetero) is 1. The molecular formula is C79H90Cl4F2N15O18P. The van der Waals surface area contributed by atoms with Crippen LogP contribution in [0.25, 0.3) is 32.7 Å². The zero-order chi connectivity index (χ0) is 89.1. The van der Waals surface area contributed by atoms with Crippen molar-refractivity contribution in [3.8, 4) is 52.5 Å². The fraction of sp³-hybridized carbons (Fsp3) is 0.266. The minimum Gasteiger partial charge on any atom is -0.505 e. The molecule has 2 aromatic carbocycles. The van der Waals surface area contributed by atoms with E-state index < -0.39 is 51.9 Å². The standard InChI is InChI=1S/C16H23N3O4.C15H12FN3O2.C13H18N2O4.C11H16N2O3.C9H7ClN2O.C9H8N2O2.C6H6FNO.Cl3OP/c1-16(2,3)23-15(21)18-12-10-17-14(22-6)9-11(12)13(20)7-8-19(4)5;1-20-15-7-10-12(8-19-15)18-5-4-13(10)21-14-3-2-9(17)6-11(14)16;1-8(16)9-6-11(18-5)14-7-10(9)15-12(17)19-13(2,3)4;1-11(2,3)16-10(14)13-8-5-6-9(15-4)12-7-8;1-13-9-4-6-7(10)2-3-11-8(6)5-12-9;1-13-9-4-6-7(5-11-9)10-3-2-8(6)12;7-5-3-4(8)1-2-6(5)9;1-5(2,3)4/h7-10H,1-6H3,(H,18,21);2-8H,17H2,1H3;6-7H,1-5H3,(H,15,17);5-7H,1-4H3,(H,13,14);2-5H,1H3;2-5H,1H3,(H,10,12);1-3,9H,8H2;/b8-7+;;;;;;;. The maximum Gasteiger partial charge on any atom is 0.412 e. The summed E-state index contributed by atoms with van der Waals surface area (Å²) in [6, 6.07) is 24.2. The Morgan fingerprint density at radius 3 is 1.40 bits per heavy atom. The molecule has 119 heavy (non-hydrogen) atoms. The van der Waals surface area contributed by atoms with Crippen LogP contribution in [-0.2, 0) is 18.8 Å². The zero-order valence-corrected chi connectivity index (χ0v) is 71.8. The number of phenols is 1. The number of benzene rings is 2. The highest BCUT2D eigenvalue weighted by atomic mass is 36.0. The minimum absolute atomic E-state index is 0.0329. The van der Waals surface area contributed by atoms with Crippen LogP contribution in [0.3, 0.4) is 0 Å². The number of rotatable bonds is 15. The Morgan fingerprint density at radius 1 is 0.513 bits per heavy atom. The number of nitrogens with one attached hydrogen (secondary N) is 4. The van der Waals surface area contributed by atoms with E-state index in [2.05, 4.69) is 94.5 Å². The molecule has 0 radical (unpaired) electrons. The van der Waals surface area contributed by atoms with Gasteiger partial charge in [-0.05, 0) is 145 Å². The first-order valence-corrected chi connectivity index (χ1v) is 39.4. The van der Waals surface area contributed by atoms with Crippen molar-refractivity contribution < 1.29 is 89.8 Å². The normalized spacial score (nSPS) is 10.7. The summed E-state index contributed by atoms with van der Waals surface area (Å²) in [4.78, 5) is 107. The van der Waals surface area contributed by atoms with E-state index in [0.717, 1.165) is 17.0 Å². The van der Waals surface area contributed by atoms with Gasteiger partial charge in [-0.3, -0.25) is 44.9 Å². The maximum atomic E-state index is 13.8. The number of nitrogens with zero attached hydrogens (tertiary/aromatic N) is 9. The molecule has 0 saturated carbocycles. The average molecular weight is 1750 g/mol. The van der Waals surface area contributed by atoms with E-state index in [1.54, 1.807) is 180 Å². The number of ether oxygens (including phenoxy) is 10. The maximum absolute atomic E-state index is 13.8. The highest BCUT2D eigenvalue weighted by Crippen LogP contribution is 2.61. The summed E-state index contributed by atoms with van der Waals surface area (Å²) in [6.45, 7) is 17.3. The highest BCUT2D eigenvalue weighted by molar-refractivity contribution is 8.24. The molecule has 0 bridgehead atoms. The largest absolute Gasteiger partial charge is 0.505 e. The van der Waals surface area contributed by atoms with E-state index in [0.29, 0.717) is 90.3 Å². The fourth-order valence-corrected chi connectivity index (χ4v) is 8.85. The molecule has 0 aliphatic heterocycles. The summed E-state index contributed by atoms with van der Waals surface area (Å²) < 4.78 is 86.4. The van der Waals surface area contributed by atoms with Crippen molar-refractivity contribution in [2.24, 2.45) is 0 Å². The van der Waals surface area contributed by atoms with Crippen molar-refractivity contribution in [3.05, 3.63) is 203 Å². The van der Waals surface area contributed by atoms with Gasteiger partial charge in [0.1, 0.15) is 22.6 Å². The lowest BCUT2D eigenvalue weighted by molar-refractivity contribution is 0.0624. The number of nitrogen functional groups attached to an aromatic ring is 2. The summed E-state index contributed by atoms with van der Waals surface area (Å²) in [7, 11) is 12.6. The number of aromatic hydroxyl groups is 1. The molecular weight excluding hydrogens is 1660 g/mol. The van der Waals surface area contributed by atoms with E-state index in [-0.39, 0.29) is 45.6 Å². The lowest BCUT2D eigenvalue weighted by Gasteiger charge is -2.20. The molecule has 0 spiro atoms. The number of hydrogen-bond donors (Lipinski definition) is 7. The van der Waals surface area contributed by atoms with E-state index in [1.807, 2.05) is 0 Å². The van der Waals surface area contributed by atoms with Gasteiger partial charge in [0.25, 0.3) is 0 Å². The first-order valence-electron chi connectivity index (χ1n) is 34.6. The number of pyridine rings is 9. The van der Waals surface area contributed by atoms with Crippen LogP contribution in [0.15, 0.2) is 170 Å². The fourth-order valence-electron chi connectivity index (χ4n) is 8.64. The van der Waals surface area contributed by atoms with Crippen molar-refractivity contribution in [1.29, 1.82) is 0 Å². The van der Waals surface area contributed by atoms with Crippen LogP contribution in [0.4, 0.5) is 51.6 Å². The number of aromatic nitrogens is 9. The van der Waals surface area contributed by atoms with Crippen molar-refractivity contribution in [3.63, 3.8) is 0 Å². The summed E-state index contributed by atoms with van der Waals surface area (Å²) in [5.41, 5.74) is 13.4. The number of halogens is 6. The lowest BCUT2D eigenvalue weighted by Crippen LogP contribution is -2.27. The minimum atomic E-state index is -3.22. The molecule has 3 amide bonds. The van der Waals surface area contributed by atoms with Crippen molar-refractivity contribution in [2.45, 2.75) is 86.0 Å². The van der Waals surface area contributed by atoms with Crippen LogP contribution in [0.5, 0.6) is 52.5 Å². The van der Waals surface area contributed by atoms with E-state index >= 15 is 0 Å². The first-order chi connectivity index (χ1) is 55.7. The van der Waals surface area contributed by atoms with Gasteiger partial charge in [-0.1, -0.05) is 11.6 Å². The van der Waals surface area contributed by atoms with Gasteiger partial charge in [-0.2, -0.15) is 0 Å². The number of carbonyl (C=O) groups is 5. The Hall–Kier alpha value is -12.7. The zero-order valence-electron chi connectivity index (χ0n) is 67.9. The van der Waals surface area contributed by atoms with Crippen molar-refractivity contribution >= 4 is 142 Å². The van der Waals surface area contributed by atoms with Crippen molar-refractivity contribution in [1.82, 2.24) is 49.8 Å². The Morgan fingerprint density at radius 2 is 0.941 bits per heavy atom. The smallest absolute Gasteiger partial charge is 0.412 e.